The van der Waals surface area contributed by atoms with E-state index in [0.29, 0.717) is 12.8 Å². The van der Waals surface area contributed by atoms with E-state index in [0.717, 1.165) is 0 Å². The van der Waals surface area contributed by atoms with Crippen molar-refractivity contribution in [2.45, 2.75) is 25.7 Å². The van der Waals surface area contributed by atoms with Crippen LogP contribution in [0.15, 0.2) is 0 Å². The van der Waals surface area contributed by atoms with Gasteiger partial charge in [-0.25, -0.2) is 0 Å². The highest BCUT2D eigenvalue weighted by Crippen LogP contribution is 1.99. The Hall–Kier alpha value is -5.62. The Morgan fingerprint density at radius 2 is 0.591 bits per heavy atom. The summed E-state index contributed by atoms with van der Waals surface area (Å²) in [6.07, 6.45) is 1.19. The number of unbranched alkanes of at least 4 members (excludes halogenated alkanes) is 1. The molecule has 0 unspecified atom stereocenters. The highest BCUT2D eigenvalue weighted by atomic mass is 16.5. The zero-order valence-electron chi connectivity index (χ0n) is 37.2. The first-order valence-electron chi connectivity index (χ1n) is 21.0. The van der Waals surface area contributed by atoms with Crippen LogP contribution in [0.3, 0.4) is 0 Å². The van der Waals surface area contributed by atoms with Gasteiger partial charge in [0, 0.05) is 39.0 Å². The largest absolute Gasteiger partial charge is 0.481 e. The molecule has 0 radical (unpaired) electrons. The second-order valence-electron chi connectivity index (χ2n) is 13.2. The van der Waals surface area contributed by atoms with E-state index in [4.69, 9.17) is 48.7 Å². The Morgan fingerprint density at radius 3 is 0.894 bits per heavy atom. The summed E-state index contributed by atoms with van der Waals surface area (Å²) < 4.78 is 41.8. The molecule has 0 spiro atoms. The van der Waals surface area contributed by atoms with Crippen LogP contribution >= 0.6 is 0 Å². The first-order chi connectivity index (χ1) is 31.8. The number of primary amides is 1. The number of carbonyl (C=O) groups excluding carboxylic acids is 9. The van der Waals surface area contributed by atoms with Crippen LogP contribution < -0.4 is 48.3 Å². The fraction of sp³-hybridized carbons (Fsp3) is 0.737. The second-order valence-corrected chi connectivity index (χ2v) is 13.2. The molecule has 0 aromatic rings. The van der Waals surface area contributed by atoms with Crippen LogP contribution in [0, 0.1) is 0 Å². The number of carbonyl (C=O) groups is 10. The lowest BCUT2D eigenvalue weighted by atomic mass is 10.2. The van der Waals surface area contributed by atoms with Crippen molar-refractivity contribution < 1.29 is 90.9 Å². The fourth-order valence-electron chi connectivity index (χ4n) is 4.35. The number of carboxylic acid groups (broad SMARTS) is 1. The van der Waals surface area contributed by atoms with E-state index in [9.17, 15) is 47.9 Å². The number of nitrogens with one attached hydrogen (secondary N) is 8. The van der Waals surface area contributed by atoms with Crippen LogP contribution in [0.25, 0.3) is 0 Å². The summed E-state index contributed by atoms with van der Waals surface area (Å²) in [5.41, 5.74) is 4.91. The van der Waals surface area contributed by atoms with Crippen molar-refractivity contribution in [3.05, 3.63) is 0 Å². The third kappa shape index (κ3) is 45.0. The van der Waals surface area contributed by atoms with Gasteiger partial charge in [-0.3, -0.25) is 47.9 Å². The van der Waals surface area contributed by atoms with Crippen molar-refractivity contribution in [3.63, 3.8) is 0 Å². The third-order valence-electron chi connectivity index (χ3n) is 7.54. The standard InChI is InChI=1S/C38H67N9O19/c39-29(48)21-44-34(53)25-63-17-14-60-10-6-41-31(50)23-46-36(55)27-65-19-16-62-12-8-43-33(52)24-47-37(56)28-66-20-15-61-11-7-42-32(51)22-45-35(54)26-64-18-13-59-9-5-40-30(49)3-1-2-4-38(57)58/h1-28H2,(H2,39,48)(H,40,49)(H,41,50)(H,42,51)(H,43,52)(H,44,53)(H,45,54)(H,46,55)(H,47,56)(H,57,58). The summed E-state index contributed by atoms with van der Waals surface area (Å²) in [6.45, 7) is 0.321. The number of hydrogen-bond acceptors (Lipinski definition) is 18. The summed E-state index contributed by atoms with van der Waals surface area (Å²) in [5, 5.41) is 28.4. The summed E-state index contributed by atoms with van der Waals surface area (Å²) in [6, 6.07) is 0. The molecule has 0 aromatic heterocycles. The second kappa shape index (κ2) is 43.3. The summed E-state index contributed by atoms with van der Waals surface area (Å²) >= 11 is 0. The molecule has 0 aliphatic carbocycles. The van der Waals surface area contributed by atoms with E-state index in [-0.39, 0.29) is 177 Å². The number of ether oxygens (including phenoxy) is 8. The topological polar surface area (TPSA) is 387 Å². The Morgan fingerprint density at radius 1 is 0.318 bits per heavy atom. The molecular weight excluding hydrogens is 886 g/mol. The monoisotopic (exact) mass is 953 g/mol. The van der Waals surface area contributed by atoms with Gasteiger partial charge in [0.05, 0.1) is 105 Å². The molecule has 0 rings (SSSR count). The van der Waals surface area contributed by atoms with Gasteiger partial charge in [0.25, 0.3) is 0 Å². The van der Waals surface area contributed by atoms with Gasteiger partial charge in [0.15, 0.2) is 0 Å². The average molecular weight is 954 g/mol. The Kier molecular flexibility index (Phi) is 39.6. The molecule has 0 atom stereocenters. The lowest BCUT2D eigenvalue weighted by molar-refractivity contribution is -0.137. The number of amides is 9. The van der Waals surface area contributed by atoms with Gasteiger partial charge in [0.1, 0.15) is 26.4 Å². The lowest BCUT2D eigenvalue weighted by Gasteiger charge is -2.10. The van der Waals surface area contributed by atoms with Crippen LogP contribution in [0.2, 0.25) is 0 Å². The minimum Gasteiger partial charge on any atom is -0.481 e. The maximum Gasteiger partial charge on any atom is 0.303 e. The predicted molar refractivity (Wildman–Crippen MR) is 226 cm³/mol. The first kappa shape index (κ1) is 60.4. The summed E-state index contributed by atoms with van der Waals surface area (Å²) in [5.74, 6) is -5.11. The van der Waals surface area contributed by atoms with E-state index in [2.05, 4.69) is 42.5 Å². The van der Waals surface area contributed by atoms with Gasteiger partial charge >= 0.3 is 5.97 Å². The van der Waals surface area contributed by atoms with E-state index in [1.807, 2.05) is 0 Å². The molecule has 0 saturated heterocycles. The third-order valence-corrected chi connectivity index (χ3v) is 7.54. The normalized spacial score (nSPS) is 10.6. The molecule has 0 saturated carbocycles. The lowest BCUT2D eigenvalue weighted by Crippen LogP contribution is -2.40. The highest BCUT2D eigenvalue weighted by molar-refractivity contribution is 5.86. The Balaban J connectivity index is 3.55. The molecule has 0 bridgehead atoms. The minimum atomic E-state index is -0.895. The van der Waals surface area contributed by atoms with E-state index < -0.39 is 53.2 Å². The zero-order valence-corrected chi connectivity index (χ0v) is 37.2. The first-order valence-corrected chi connectivity index (χ1v) is 21.0. The molecule has 0 aliphatic rings. The molecular formula is C38H67N9O19. The van der Waals surface area contributed by atoms with Gasteiger partial charge in [-0.15, -0.1) is 0 Å². The molecule has 28 nitrogen and oxygen atoms in total. The predicted octanol–water partition coefficient (Wildman–Crippen LogP) is -6.82. The molecule has 9 amide bonds. The molecule has 66 heavy (non-hydrogen) atoms. The van der Waals surface area contributed by atoms with Crippen molar-refractivity contribution in [2.75, 3.05) is 158 Å². The van der Waals surface area contributed by atoms with Gasteiger partial charge < -0.3 is 91.3 Å². The SMILES string of the molecule is NC(=O)CNC(=O)COCCOCCNC(=O)CNC(=O)COCCOCCNC(=O)CNC(=O)COCCOCCNC(=O)CNC(=O)COCCOCCNC(=O)CCCCC(=O)O. The summed E-state index contributed by atoms with van der Waals surface area (Å²) in [4.78, 5) is 115. The van der Waals surface area contributed by atoms with Crippen molar-refractivity contribution in [1.82, 2.24) is 42.5 Å². The van der Waals surface area contributed by atoms with Gasteiger partial charge in [-0.1, -0.05) is 0 Å². The number of hydrogen-bond donors (Lipinski definition) is 10. The van der Waals surface area contributed by atoms with Crippen LogP contribution in [0.1, 0.15) is 25.7 Å². The summed E-state index contributed by atoms with van der Waals surface area (Å²) in [7, 11) is 0. The van der Waals surface area contributed by atoms with E-state index in [1.54, 1.807) is 0 Å². The smallest absolute Gasteiger partial charge is 0.303 e. The number of carboxylic acids is 1. The molecule has 0 aromatic carbocycles. The van der Waals surface area contributed by atoms with E-state index >= 15 is 0 Å². The maximum absolute atomic E-state index is 11.9. The van der Waals surface area contributed by atoms with E-state index in [1.165, 1.54) is 0 Å². The molecule has 378 valence electrons. The van der Waals surface area contributed by atoms with Crippen molar-refractivity contribution in [1.29, 1.82) is 0 Å². The molecule has 0 aliphatic heterocycles. The molecule has 11 N–H and O–H groups in total. The Bertz CT molecular complexity index is 1440. The van der Waals surface area contributed by atoms with Crippen molar-refractivity contribution >= 4 is 59.1 Å². The average Bonchev–Trinajstić information content (AvgIpc) is 3.28. The van der Waals surface area contributed by atoms with Crippen molar-refractivity contribution in [2.24, 2.45) is 5.73 Å². The molecule has 28 heteroatoms. The van der Waals surface area contributed by atoms with Crippen LogP contribution in [-0.4, -0.2) is 222 Å². The molecule has 0 fully saturated rings. The maximum atomic E-state index is 11.9. The van der Waals surface area contributed by atoms with Crippen LogP contribution in [0.4, 0.5) is 0 Å². The number of nitrogens with two attached hydrogens (primary N) is 1. The quantitative estimate of drug-likeness (QED) is 0.0254. The molecule has 0 heterocycles. The number of aliphatic carboxylic acids is 1. The van der Waals surface area contributed by atoms with Gasteiger partial charge in [-0.2, -0.15) is 0 Å². The number of rotatable bonds is 45. The van der Waals surface area contributed by atoms with Crippen LogP contribution in [0.5, 0.6) is 0 Å². The van der Waals surface area contributed by atoms with Crippen molar-refractivity contribution in [3.8, 4) is 0 Å². The minimum absolute atomic E-state index is 0.0277. The Labute approximate surface area is 381 Å². The zero-order chi connectivity index (χ0) is 48.9. The highest BCUT2D eigenvalue weighted by Gasteiger charge is 2.09. The van der Waals surface area contributed by atoms with Gasteiger partial charge in [-0.05, 0) is 12.8 Å². The fourth-order valence-corrected chi connectivity index (χ4v) is 4.35. The van der Waals surface area contributed by atoms with Crippen LogP contribution in [-0.2, 0) is 85.8 Å². The van der Waals surface area contributed by atoms with Gasteiger partial charge in [0.2, 0.25) is 53.2 Å².